The van der Waals surface area contributed by atoms with Crippen LogP contribution in [0, 0.1) is 94.7 Å². The molecule has 0 bridgehead atoms. The molecular formula is C90H166N8O12. The predicted octanol–water partition coefficient (Wildman–Crippen LogP) is 16.0. The molecule has 20 nitrogen and oxygen atoms in total. The van der Waals surface area contributed by atoms with E-state index in [9.17, 15) is 57.5 Å². The van der Waals surface area contributed by atoms with Gasteiger partial charge in [-0.15, -0.1) is 0 Å². The van der Waals surface area contributed by atoms with E-state index >= 15 is 0 Å². The van der Waals surface area contributed by atoms with Gasteiger partial charge in [-0.05, 0) is 99.4 Å². The summed E-state index contributed by atoms with van der Waals surface area (Å²) in [5.41, 5.74) is 6.18. The van der Waals surface area contributed by atoms with E-state index in [-0.39, 0.29) is 190 Å². The fourth-order valence-corrected chi connectivity index (χ4v) is 13.0. The molecule has 5 amide bonds. The van der Waals surface area contributed by atoms with Crippen LogP contribution in [0.4, 0.5) is 4.79 Å². The van der Waals surface area contributed by atoms with Crippen LogP contribution in [0.1, 0.15) is 311 Å². The number of benzene rings is 1. The van der Waals surface area contributed by atoms with Crippen molar-refractivity contribution in [2.24, 2.45) is 100 Å². The van der Waals surface area contributed by atoms with Gasteiger partial charge in [0.1, 0.15) is 17.3 Å². The molecule has 0 aromatic heterocycles. The van der Waals surface area contributed by atoms with Gasteiger partial charge in [0.2, 0.25) is 17.7 Å². The number of urea groups is 1. The van der Waals surface area contributed by atoms with Gasteiger partial charge in [-0.25, -0.2) is 4.79 Å². The minimum Gasteiger partial charge on any atom is -0.356 e. The summed E-state index contributed by atoms with van der Waals surface area (Å²) in [4.78, 5) is 146. The van der Waals surface area contributed by atoms with E-state index in [1.807, 2.05) is 164 Å². The lowest BCUT2D eigenvalue weighted by molar-refractivity contribution is -0.132. The first-order chi connectivity index (χ1) is 50.8. The molecule has 0 saturated carbocycles. The summed E-state index contributed by atoms with van der Waals surface area (Å²) in [5.74, 6) is 1.88. The lowest BCUT2D eigenvalue weighted by Crippen LogP contribution is -2.46. The summed E-state index contributed by atoms with van der Waals surface area (Å²) >= 11 is 0. The van der Waals surface area contributed by atoms with Gasteiger partial charge in [0, 0.05) is 117 Å². The van der Waals surface area contributed by atoms with E-state index in [2.05, 4.69) is 112 Å². The highest BCUT2D eigenvalue weighted by atomic mass is 16.2. The summed E-state index contributed by atoms with van der Waals surface area (Å²) in [6.45, 7) is 63.9. The molecule has 0 spiro atoms. The van der Waals surface area contributed by atoms with Crippen LogP contribution in [0.2, 0.25) is 0 Å². The molecule has 0 aliphatic heterocycles. The van der Waals surface area contributed by atoms with Crippen molar-refractivity contribution in [3.63, 3.8) is 0 Å². The third-order valence-corrected chi connectivity index (χ3v) is 19.2. The molecule has 20 heteroatoms. The first-order valence-electron chi connectivity index (χ1n) is 42.3. The number of rotatable bonds is 51. The van der Waals surface area contributed by atoms with Gasteiger partial charge in [-0.1, -0.05) is 257 Å². The topological polar surface area (TPSA) is 315 Å². The van der Waals surface area contributed by atoms with Crippen LogP contribution in [-0.4, -0.2) is 131 Å². The quantitative estimate of drug-likeness (QED) is 0.0281. The zero-order valence-corrected chi connectivity index (χ0v) is 75.5. The predicted molar refractivity (Wildman–Crippen MR) is 454 cm³/mol. The molecule has 0 aliphatic rings. The second-order valence-corrected chi connectivity index (χ2v) is 35.5. The van der Waals surface area contributed by atoms with Crippen LogP contribution >= 0.6 is 0 Å². The minimum atomic E-state index is -0.581. The van der Waals surface area contributed by atoms with Gasteiger partial charge in [0.25, 0.3) is 0 Å². The Bertz CT molecular complexity index is 2650. The Morgan fingerprint density at radius 1 is 0.382 bits per heavy atom. The summed E-state index contributed by atoms with van der Waals surface area (Å²) in [5, 5.41) is 21.1. The third-order valence-electron chi connectivity index (χ3n) is 19.2. The number of Topliss-reactive ketones (excluding diaryl/α,β-unsaturated/α-hetero) is 8. The maximum absolute atomic E-state index is 13.0. The van der Waals surface area contributed by atoms with Crippen molar-refractivity contribution in [2.75, 3.05) is 13.1 Å². The van der Waals surface area contributed by atoms with Crippen molar-refractivity contribution < 1.29 is 57.5 Å². The SMILES string of the molecule is CC(=O)NCCCC(CC(=O)C(NC(C)C)C(C)C)C(=O)C(C)C.CC(C)CC(C(=O)NC(C)C(=O)C(C)C)C(C)C.CC(C)CC(C(=O)NC(CCCNC(N)=O)C(=O)C(C)C)C(C)C.CC(C)NC(C(=O)CC(C)C(=O)C(C)C)C(C)C.CCCCCC(CC(=O)C(Cc1ccccc1)NC(C)C)C(=O)C(C)C. The molecule has 10 unspecified atom stereocenters. The van der Waals surface area contributed by atoms with Crippen molar-refractivity contribution in [3.8, 4) is 0 Å². The smallest absolute Gasteiger partial charge is 0.312 e. The van der Waals surface area contributed by atoms with Crippen molar-refractivity contribution in [2.45, 2.75) is 360 Å². The van der Waals surface area contributed by atoms with Gasteiger partial charge < -0.3 is 43.0 Å². The fourth-order valence-electron chi connectivity index (χ4n) is 13.0. The van der Waals surface area contributed by atoms with Crippen molar-refractivity contribution in [3.05, 3.63) is 35.9 Å². The van der Waals surface area contributed by atoms with Crippen molar-refractivity contribution in [1.29, 1.82) is 0 Å². The third kappa shape index (κ3) is 52.4. The molecule has 0 heterocycles. The number of ketones is 8. The van der Waals surface area contributed by atoms with Crippen LogP contribution < -0.4 is 43.0 Å². The highest BCUT2D eigenvalue weighted by molar-refractivity contribution is 5.94. The Balaban J connectivity index is -0.000000643. The van der Waals surface area contributed by atoms with Gasteiger partial charge >= 0.3 is 6.03 Å². The van der Waals surface area contributed by atoms with Crippen LogP contribution in [0.5, 0.6) is 0 Å². The Morgan fingerprint density at radius 3 is 1.13 bits per heavy atom. The lowest BCUT2D eigenvalue weighted by Gasteiger charge is -2.26. The largest absolute Gasteiger partial charge is 0.356 e. The van der Waals surface area contributed by atoms with E-state index in [0.29, 0.717) is 75.8 Å². The molecule has 1 aromatic carbocycles. The normalized spacial score (nSPS) is 14.3. The average molecular weight is 1550 g/mol. The summed E-state index contributed by atoms with van der Waals surface area (Å²) < 4.78 is 0. The highest BCUT2D eigenvalue weighted by Gasteiger charge is 2.34. The van der Waals surface area contributed by atoms with E-state index < -0.39 is 12.1 Å². The van der Waals surface area contributed by atoms with Crippen molar-refractivity contribution >= 4 is 70.0 Å². The Morgan fingerprint density at radius 2 is 0.764 bits per heavy atom. The van der Waals surface area contributed by atoms with Crippen LogP contribution in [-0.2, 0) is 59.2 Å². The van der Waals surface area contributed by atoms with Crippen LogP contribution in [0.3, 0.4) is 0 Å². The zero-order chi connectivity index (χ0) is 86.2. The number of hydrogen-bond acceptors (Lipinski definition) is 15. The Hall–Kier alpha value is -5.86. The first-order valence-corrected chi connectivity index (χ1v) is 42.3. The maximum Gasteiger partial charge on any atom is 0.312 e. The average Bonchev–Trinajstić information content (AvgIpc) is 0.888. The van der Waals surface area contributed by atoms with Crippen LogP contribution in [0.25, 0.3) is 0 Å². The monoisotopic (exact) mass is 1550 g/mol. The first kappa shape index (κ1) is 110. The number of nitrogens with one attached hydrogen (secondary N) is 7. The molecule has 1 aromatic rings. The number of hydrogen-bond donors (Lipinski definition) is 8. The fraction of sp³-hybridized carbons (Fsp3) is 0.800. The number of unbranched alkanes of at least 4 members (excludes halogenated alkanes) is 2. The summed E-state index contributed by atoms with van der Waals surface area (Å²) in [7, 11) is 0. The number of carbonyl (C=O) groups is 12. The Labute approximate surface area is 670 Å². The summed E-state index contributed by atoms with van der Waals surface area (Å²) in [6.07, 6.45) is 9.85. The van der Waals surface area contributed by atoms with Gasteiger partial charge in [0.15, 0.2) is 28.9 Å². The molecule has 0 aliphatic carbocycles. The second-order valence-electron chi connectivity index (χ2n) is 35.5. The molecule has 9 N–H and O–H groups in total. The molecular weight excluding hydrogens is 1390 g/mol. The number of nitrogens with two attached hydrogens (primary N) is 1. The van der Waals surface area contributed by atoms with Gasteiger partial charge in [-0.3, -0.25) is 52.7 Å². The molecule has 1 rings (SSSR count). The molecule has 0 saturated heterocycles. The molecule has 0 radical (unpaired) electrons. The molecule has 0 fully saturated rings. The second kappa shape index (κ2) is 60.7. The van der Waals surface area contributed by atoms with E-state index in [1.54, 1.807) is 6.92 Å². The van der Waals surface area contributed by atoms with Crippen molar-refractivity contribution in [1.82, 2.24) is 37.2 Å². The van der Waals surface area contributed by atoms with Gasteiger partial charge in [0.05, 0.1) is 30.2 Å². The number of carbonyl (C=O) groups excluding carboxylic acids is 12. The molecule has 110 heavy (non-hydrogen) atoms. The number of primary amides is 1. The maximum atomic E-state index is 13.0. The number of amides is 5. The van der Waals surface area contributed by atoms with E-state index in [4.69, 9.17) is 5.73 Å². The minimum absolute atomic E-state index is 0.00311. The summed E-state index contributed by atoms with van der Waals surface area (Å²) in [6, 6.07) is 8.76. The van der Waals surface area contributed by atoms with Gasteiger partial charge in [-0.2, -0.15) is 0 Å². The zero-order valence-electron chi connectivity index (χ0n) is 75.5. The lowest BCUT2D eigenvalue weighted by atomic mass is 9.84. The van der Waals surface area contributed by atoms with E-state index in [0.717, 1.165) is 44.1 Å². The highest BCUT2D eigenvalue weighted by Crippen LogP contribution is 2.26. The molecule has 638 valence electrons. The van der Waals surface area contributed by atoms with Crippen LogP contribution in [0.15, 0.2) is 30.3 Å². The Kier molecular flexibility index (Phi) is 61.0. The molecule has 10 atom stereocenters. The standard InChI is InChI=1S/C23H37NO2.C19H36N2O3.C18H35N3O3.2C15H29NO2/c1-6-7-9-14-20(23(26)17(2)3)16-22(25)21(24-18(4)5)15-19-12-10-8-11-13-19;1-12(2)18(21-14(5)6)17(23)11-16(19(24)13(3)4)9-8-10-20-15(7)22;1-11(2)10-14(12(3)4)17(23)21-15(16(22)13(5)6)8-7-9-20-18(19)24;1-9(2)14(16-11(5)6)13(17)8-12(7)15(18)10(3)4;1-9(2)8-13(10(3)4)15(18)16-12(7)14(17)11(5)6/h8,10-13,17-18,20-21,24H,6-7,9,14-16H2,1-5H3;12-14,16,18,21H,8-11H2,1-7H3,(H,20,22);11-15H,7-10H2,1-6H3,(H,21,23)(H3,19,20,24);9-12,14,16H,8H2,1-7H3;9-13H,8H2,1-7H3,(H,16,18). The van der Waals surface area contributed by atoms with E-state index in [1.165, 1.54) is 6.92 Å².